The highest BCUT2D eigenvalue weighted by molar-refractivity contribution is 5.99. The average molecular weight is 303 g/mol. The summed E-state index contributed by atoms with van der Waals surface area (Å²) in [6, 6.07) is 7.26. The van der Waals surface area contributed by atoms with Gasteiger partial charge in [-0.25, -0.2) is 0 Å². The first kappa shape index (κ1) is 16.5. The van der Waals surface area contributed by atoms with E-state index in [1.807, 2.05) is 4.90 Å². The third kappa shape index (κ3) is 3.85. The van der Waals surface area contributed by atoms with Gasteiger partial charge >= 0.3 is 0 Å². The van der Waals surface area contributed by atoms with Gasteiger partial charge in [-0.2, -0.15) is 0 Å². The number of rotatable bonds is 5. The lowest BCUT2D eigenvalue weighted by Crippen LogP contribution is -2.46. The van der Waals surface area contributed by atoms with Gasteiger partial charge in [0.05, 0.1) is 0 Å². The third-order valence-corrected chi connectivity index (χ3v) is 4.07. The van der Waals surface area contributed by atoms with Crippen LogP contribution in [-0.4, -0.2) is 49.4 Å². The molecule has 5 heteroatoms. The predicted octanol–water partition coefficient (Wildman–Crippen LogP) is 1.65. The largest absolute Gasteiger partial charge is 0.355 e. The summed E-state index contributed by atoms with van der Waals surface area (Å²) in [5.41, 5.74) is 1.11. The Hall–Kier alpha value is -1.88. The number of nitrogens with zero attached hydrogens (tertiary/aromatic N) is 1. The molecule has 0 saturated carbocycles. The molecule has 120 valence electrons. The highest BCUT2D eigenvalue weighted by Crippen LogP contribution is 2.17. The molecule has 2 N–H and O–H groups in total. The van der Waals surface area contributed by atoms with Crippen LogP contribution >= 0.6 is 0 Å². The molecule has 0 spiro atoms. The van der Waals surface area contributed by atoms with Gasteiger partial charge in [0.1, 0.15) is 0 Å². The number of amides is 2. The molecule has 1 aliphatic rings. The van der Waals surface area contributed by atoms with Crippen molar-refractivity contribution < 1.29 is 9.59 Å². The molecule has 1 fully saturated rings. The Balaban J connectivity index is 2.20. The van der Waals surface area contributed by atoms with Gasteiger partial charge in [-0.05, 0) is 50.6 Å². The molecule has 1 aliphatic heterocycles. The predicted molar refractivity (Wildman–Crippen MR) is 87.1 cm³/mol. The molecule has 2 rings (SSSR count). The molecule has 1 aromatic carbocycles. The molecule has 1 saturated heterocycles. The van der Waals surface area contributed by atoms with Gasteiger partial charge in [0, 0.05) is 30.8 Å². The summed E-state index contributed by atoms with van der Waals surface area (Å²) >= 11 is 0. The van der Waals surface area contributed by atoms with Crippen LogP contribution in [0.3, 0.4) is 0 Å². The van der Waals surface area contributed by atoms with Gasteiger partial charge in [-0.3, -0.25) is 9.59 Å². The number of nitrogens with one attached hydrogen (secondary N) is 2. The molecular formula is C17H25N3O2. The zero-order valence-corrected chi connectivity index (χ0v) is 13.4. The average Bonchev–Trinajstić information content (AvgIpc) is 2.59. The Morgan fingerprint density at radius 1 is 1.27 bits per heavy atom. The van der Waals surface area contributed by atoms with Crippen LogP contribution in [0.2, 0.25) is 0 Å². The van der Waals surface area contributed by atoms with Crippen LogP contribution in [0.4, 0.5) is 0 Å². The number of piperidine rings is 1. The van der Waals surface area contributed by atoms with E-state index in [4.69, 9.17) is 0 Å². The quantitative estimate of drug-likeness (QED) is 0.869. The van der Waals surface area contributed by atoms with E-state index in [2.05, 4.69) is 17.6 Å². The molecule has 1 heterocycles. The number of hydrogen-bond acceptors (Lipinski definition) is 3. The minimum atomic E-state index is -0.168. The lowest BCUT2D eigenvalue weighted by atomic mass is 10.0. The minimum Gasteiger partial charge on any atom is -0.355 e. The maximum absolute atomic E-state index is 12.9. The number of carbonyl (C=O) groups is 2. The normalized spacial score (nSPS) is 15.4. The highest BCUT2D eigenvalue weighted by Gasteiger charge is 2.25. The Bertz CT molecular complexity index is 524. The molecule has 0 aromatic heterocycles. The SMILES string of the molecule is CCCN(C(=O)c1cccc(C(=O)NC)c1)C1CCNCC1. The summed E-state index contributed by atoms with van der Waals surface area (Å²) in [5.74, 6) is -0.141. The van der Waals surface area contributed by atoms with E-state index in [9.17, 15) is 9.59 Å². The second-order valence-corrected chi connectivity index (χ2v) is 5.64. The first-order chi connectivity index (χ1) is 10.7. The molecule has 0 bridgehead atoms. The zero-order valence-electron chi connectivity index (χ0n) is 13.4. The second kappa shape index (κ2) is 7.94. The molecule has 1 aromatic rings. The summed E-state index contributed by atoms with van der Waals surface area (Å²) in [4.78, 5) is 26.6. The maximum atomic E-state index is 12.9. The number of hydrogen-bond donors (Lipinski definition) is 2. The van der Waals surface area contributed by atoms with Crippen molar-refractivity contribution in [1.82, 2.24) is 15.5 Å². The highest BCUT2D eigenvalue weighted by atomic mass is 16.2. The maximum Gasteiger partial charge on any atom is 0.254 e. The zero-order chi connectivity index (χ0) is 15.9. The van der Waals surface area contributed by atoms with Crippen LogP contribution in [-0.2, 0) is 0 Å². The topological polar surface area (TPSA) is 61.4 Å². The summed E-state index contributed by atoms with van der Waals surface area (Å²) in [7, 11) is 1.59. The first-order valence-corrected chi connectivity index (χ1v) is 8.01. The van der Waals surface area contributed by atoms with Gasteiger partial charge < -0.3 is 15.5 Å². The molecular weight excluding hydrogens is 278 g/mol. The smallest absolute Gasteiger partial charge is 0.254 e. The van der Waals surface area contributed by atoms with Gasteiger partial charge in [0.15, 0.2) is 0 Å². The van der Waals surface area contributed by atoms with E-state index in [0.717, 1.165) is 38.9 Å². The Morgan fingerprint density at radius 3 is 2.59 bits per heavy atom. The van der Waals surface area contributed by atoms with E-state index in [-0.39, 0.29) is 17.9 Å². The van der Waals surface area contributed by atoms with Crippen molar-refractivity contribution in [2.75, 3.05) is 26.7 Å². The van der Waals surface area contributed by atoms with Crippen LogP contribution in [0.25, 0.3) is 0 Å². The van der Waals surface area contributed by atoms with Crippen LogP contribution < -0.4 is 10.6 Å². The first-order valence-electron chi connectivity index (χ1n) is 8.01. The fourth-order valence-corrected chi connectivity index (χ4v) is 2.91. The lowest BCUT2D eigenvalue weighted by molar-refractivity contribution is 0.0642. The van der Waals surface area contributed by atoms with Crippen LogP contribution in [0.5, 0.6) is 0 Å². The standard InChI is InChI=1S/C17H25N3O2/c1-3-11-20(15-7-9-19-10-8-15)17(22)14-6-4-5-13(12-14)16(21)18-2/h4-6,12,15,19H,3,7-11H2,1-2H3,(H,18,21). The third-order valence-electron chi connectivity index (χ3n) is 4.07. The molecule has 0 atom stereocenters. The van der Waals surface area contributed by atoms with Crippen LogP contribution in [0.1, 0.15) is 46.9 Å². The monoisotopic (exact) mass is 303 g/mol. The molecule has 2 amide bonds. The second-order valence-electron chi connectivity index (χ2n) is 5.64. The van der Waals surface area contributed by atoms with Gasteiger partial charge in [0.25, 0.3) is 11.8 Å². The van der Waals surface area contributed by atoms with E-state index < -0.39 is 0 Å². The van der Waals surface area contributed by atoms with Crippen molar-refractivity contribution in [2.24, 2.45) is 0 Å². The summed E-state index contributed by atoms with van der Waals surface area (Å²) in [6.07, 6.45) is 2.91. The van der Waals surface area contributed by atoms with Crippen molar-refractivity contribution in [1.29, 1.82) is 0 Å². The summed E-state index contributed by atoms with van der Waals surface area (Å²) in [6.45, 7) is 4.75. The summed E-state index contributed by atoms with van der Waals surface area (Å²) < 4.78 is 0. The Morgan fingerprint density at radius 2 is 1.95 bits per heavy atom. The van der Waals surface area contributed by atoms with Crippen molar-refractivity contribution in [3.8, 4) is 0 Å². The lowest BCUT2D eigenvalue weighted by Gasteiger charge is -2.34. The Labute approximate surface area is 132 Å². The fraction of sp³-hybridized carbons (Fsp3) is 0.529. The Kier molecular flexibility index (Phi) is 5.95. The van der Waals surface area contributed by atoms with Crippen molar-refractivity contribution in [3.05, 3.63) is 35.4 Å². The van der Waals surface area contributed by atoms with E-state index in [1.165, 1.54) is 0 Å². The van der Waals surface area contributed by atoms with Gasteiger partial charge in [-0.15, -0.1) is 0 Å². The number of carbonyl (C=O) groups excluding carboxylic acids is 2. The van der Waals surface area contributed by atoms with Crippen molar-refractivity contribution in [3.63, 3.8) is 0 Å². The van der Waals surface area contributed by atoms with Gasteiger partial charge in [0.2, 0.25) is 0 Å². The van der Waals surface area contributed by atoms with Crippen LogP contribution in [0.15, 0.2) is 24.3 Å². The molecule has 0 unspecified atom stereocenters. The molecule has 0 radical (unpaired) electrons. The number of benzene rings is 1. The summed E-state index contributed by atoms with van der Waals surface area (Å²) in [5, 5.41) is 5.92. The molecule has 22 heavy (non-hydrogen) atoms. The van der Waals surface area contributed by atoms with E-state index >= 15 is 0 Å². The van der Waals surface area contributed by atoms with E-state index in [0.29, 0.717) is 11.1 Å². The molecule has 5 nitrogen and oxygen atoms in total. The molecule has 0 aliphatic carbocycles. The van der Waals surface area contributed by atoms with Crippen molar-refractivity contribution in [2.45, 2.75) is 32.2 Å². The van der Waals surface area contributed by atoms with Crippen molar-refractivity contribution >= 4 is 11.8 Å². The minimum absolute atomic E-state index is 0.0273. The van der Waals surface area contributed by atoms with E-state index in [1.54, 1.807) is 31.3 Å². The van der Waals surface area contributed by atoms with Crippen LogP contribution in [0, 0.1) is 0 Å². The fourth-order valence-electron chi connectivity index (χ4n) is 2.91. The van der Waals surface area contributed by atoms with Gasteiger partial charge in [-0.1, -0.05) is 13.0 Å².